The number of rotatable bonds is 5. The van der Waals surface area contributed by atoms with E-state index in [1.807, 2.05) is 54.4 Å². The number of pyridine rings is 2. The number of hydrogen-bond donors (Lipinski definition) is 1. The van der Waals surface area contributed by atoms with E-state index >= 15 is 0 Å². The van der Waals surface area contributed by atoms with Crippen molar-refractivity contribution >= 4 is 23.5 Å². The van der Waals surface area contributed by atoms with Gasteiger partial charge in [-0.3, -0.25) is 9.78 Å². The van der Waals surface area contributed by atoms with Gasteiger partial charge in [0.15, 0.2) is 0 Å². The molecule has 0 spiro atoms. The first-order chi connectivity index (χ1) is 13.8. The molecule has 1 fully saturated rings. The van der Waals surface area contributed by atoms with Gasteiger partial charge < -0.3 is 10.2 Å². The van der Waals surface area contributed by atoms with Gasteiger partial charge in [0, 0.05) is 60.9 Å². The zero-order chi connectivity index (χ0) is 19.2. The average molecular weight is 391 g/mol. The van der Waals surface area contributed by atoms with Crippen LogP contribution in [0.25, 0.3) is 11.1 Å². The third-order valence-electron chi connectivity index (χ3n) is 4.74. The Morgan fingerprint density at radius 1 is 1.00 bits per heavy atom. The molecule has 0 saturated carbocycles. The molecule has 1 amide bonds. The summed E-state index contributed by atoms with van der Waals surface area (Å²) in [5.74, 6) is 3.27. The van der Waals surface area contributed by atoms with Crippen LogP contribution in [0, 0.1) is 0 Å². The maximum absolute atomic E-state index is 12.3. The van der Waals surface area contributed by atoms with Crippen molar-refractivity contribution in [2.45, 2.75) is 6.54 Å². The van der Waals surface area contributed by atoms with E-state index in [1.54, 1.807) is 12.4 Å². The molecule has 6 heteroatoms. The quantitative estimate of drug-likeness (QED) is 0.721. The van der Waals surface area contributed by atoms with E-state index in [0.717, 1.165) is 47.1 Å². The topological polar surface area (TPSA) is 58.1 Å². The molecule has 0 atom stereocenters. The van der Waals surface area contributed by atoms with Gasteiger partial charge in [-0.05, 0) is 41.5 Å². The molecule has 1 saturated heterocycles. The van der Waals surface area contributed by atoms with Crippen LogP contribution in [0.5, 0.6) is 0 Å². The molecule has 5 nitrogen and oxygen atoms in total. The lowest BCUT2D eigenvalue weighted by Gasteiger charge is -2.27. The molecule has 2 aromatic heterocycles. The SMILES string of the molecule is O=C(NCc1cccnc1)c1ccc(-c2ccc(N3CCSCC3)nc2)cc1. The molecular formula is C22H22N4OS. The highest BCUT2D eigenvalue weighted by atomic mass is 32.2. The van der Waals surface area contributed by atoms with E-state index in [0.29, 0.717) is 12.1 Å². The van der Waals surface area contributed by atoms with Crippen LogP contribution >= 0.6 is 11.8 Å². The summed E-state index contributed by atoms with van der Waals surface area (Å²) >= 11 is 1.99. The fourth-order valence-corrected chi connectivity index (χ4v) is 4.04. The summed E-state index contributed by atoms with van der Waals surface area (Å²) in [6.45, 7) is 2.58. The Labute approximate surface area is 169 Å². The lowest BCUT2D eigenvalue weighted by molar-refractivity contribution is 0.0951. The Morgan fingerprint density at radius 3 is 2.46 bits per heavy atom. The molecular weight excluding hydrogens is 368 g/mol. The third-order valence-corrected chi connectivity index (χ3v) is 5.68. The van der Waals surface area contributed by atoms with Crippen LogP contribution in [0.2, 0.25) is 0 Å². The molecule has 0 aliphatic carbocycles. The van der Waals surface area contributed by atoms with Crippen molar-refractivity contribution < 1.29 is 4.79 Å². The van der Waals surface area contributed by atoms with Crippen molar-refractivity contribution in [3.8, 4) is 11.1 Å². The van der Waals surface area contributed by atoms with Crippen LogP contribution in [-0.4, -0.2) is 40.5 Å². The van der Waals surface area contributed by atoms with Crippen LogP contribution < -0.4 is 10.2 Å². The Bertz CT molecular complexity index is 908. The fraction of sp³-hybridized carbons (Fsp3) is 0.227. The Hall–Kier alpha value is -2.86. The van der Waals surface area contributed by atoms with Gasteiger partial charge in [0.05, 0.1) is 0 Å². The number of carbonyl (C=O) groups is 1. The standard InChI is InChI=1S/C22H22N4OS/c27-22(25-15-17-2-1-9-23-14-17)19-5-3-18(4-6-19)20-7-8-21(24-16-20)26-10-12-28-13-11-26/h1-9,14,16H,10-13,15H2,(H,25,27). The van der Waals surface area contributed by atoms with E-state index in [1.165, 1.54) is 0 Å². The number of hydrogen-bond acceptors (Lipinski definition) is 5. The third kappa shape index (κ3) is 4.51. The molecule has 1 aliphatic heterocycles. The first-order valence-electron chi connectivity index (χ1n) is 9.36. The number of aromatic nitrogens is 2. The van der Waals surface area contributed by atoms with Crippen molar-refractivity contribution in [3.05, 3.63) is 78.2 Å². The summed E-state index contributed by atoms with van der Waals surface area (Å²) < 4.78 is 0. The number of thioether (sulfide) groups is 1. The number of benzene rings is 1. The first-order valence-corrected chi connectivity index (χ1v) is 10.5. The fourth-order valence-electron chi connectivity index (χ4n) is 3.14. The van der Waals surface area contributed by atoms with Gasteiger partial charge in [0.2, 0.25) is 0 Å². The Kier molecular flexibility index (Phi) is 5.87. The maximum Gasteiger partial charge on any atom is 0.251 e. The van der Waals surface area contributed by atoms with E-state index in [9.17, 15) is 4.79 Å². The van der Waals surface area contributed by atoms with Crippen molar-refractivity contribution in [2.75, 3.05) is 29.5 Å². The summed E-state index contributed by atoms with van der Waals surface area (Å²) in [7, 11) is 0. The van der Waals surface area contributed by atoms with Gasteiger partial charge in [0.1, 0.15) is 5.82 Å². The normalized spacial score (nSPS) is 13.9. The Balaban J connectivity index is 1.39. The van der Waals surface area contributed by atoms with Gasteiger partial charge in [0.25, 0.3) is 5.91 Å². The minimum atomic E-state index is -0.0909. The van der Waals surface area contributed by atoms with E-state index < -0.39 is 0 Å². The number of anilines is 1. The lowest BCUT2D eigenvalue weighted by Crippen LogP contribution is -2.32. The van der Waals surface area contributed by atoms with Gasteiger partial charge in [-0.2, -0.15) is 11.8 Å². The van der Waals surface area contributed by atoms with Crippen LogP contribution in [0.3, 0.4) is 0 Å². The summed E-state index contributed by atoms with van der Waals surface area (Å²) in [6.07, 6.45) is 5.38. The van der Waals surface area contributed by atoms with Crippen molar-refractivity contribution in [1.82, 2.24) is 15.3 Å². The van der Waals surface area contributed by atoms with Gasteiger partial charge in [-0.25, -0.2) is 4.98 Å². The zero-order valence-electron chi connectivity index (χ0n) is 15.5. The Morgan fingerprint density at radius 2 is 1.79 bits per heavy atom. The summed E-state index contributed by atoms with van der Waals surface area (Å²) in [5, 5.41) is 2.92. The zero-order valence-corrected chi connectivity index (χ0v) is 16.4. The molecule has 142 valence electrons. The number of nitrogens with zero attached hydrogens (tertiary/aromatic N) is 3. The van der Waals surface area contributed by atoms with Crippen LogP contribution in [0.15, 0.2) is 67.1 Å². The molecule has 0 radical (unpaired) electrons. The van der Waals surface area contributed by atoms with Crippen molar-refractivity contribution in [2.24, 2.45) is 0 Å². The van der Waals surface area contributed by atoms with E-state index in [2.05, 4.69) is 32.3 Å². The van der Waals surface area contributed by atoms with Crippen LogP contribution in [0.1, 0.15) is 15.9 Å². The number of amides is 1. The highest BCUT2D eigenvalue weighted by molar-refractivity contribution is 7.99. The molecule has 3 aromatic rings. The second-order valence-electron chi connectivity index (χ2n) is 6.63. The monoisotopic (exact) mass is 390 g/mol. The molecule has 1 N–H and O–H groups in total. The van der Waals surface area contributed by atoms with Gasteiger partial charge >= 0.3 is 0 Å². The second kappa shape index (κ2) is 8.89. The second-order valence-corrected chi connectivity index (χ2v) is 7.85. The molecule has 28 heavy (non-hydrogen) atoms. The minimum absolute atomic E-state index is 0.0909. The molecule has 0 bridgehead atoms. The smallest absolute Gasteiger partial charge is 0.251 e. The lowest BCUT2D eigenvalue weighted by atomic mass is 10.1. The van der Waals surface area contributed by atoms with E-state index in [-0.39, 0.29) is 5.91 Å². The number of carbonyl (C=O) groups excluding carboxylic acids is 1. The van der Waals surface area contributed by atoms with Crippen molar-refractivity contribution in [3.63, 3.8) is 0 Å². The summed E-state index contributed by atoms with van der Waals surface area (Å²) in [6, 6.07) is 15.6. The van der Waals surface area contributed by atoms with Crippen LogP contribution in [-0.2, 0) is 6.54 Å². The minimum Gasteiger partial charge on any atom is -0.355 e. The molecule has 3 heterocycles. The largest absolute Gasteiger partial charge is 0.355 e. The van der Waals surface area contributed by atoms with E-state index in [4.69, 9.17) is 0 Å². The molecule has 4 rings (SSSR count). The maximum atomic E-state index is 12.3. The molecule has 0 unspecified atom stereocenters. The van der Waals surface area contributed by atoms with Crippen LogP contribution in [0.4, 0.5) is 5.82 Å². The first kappa shape index (κ1) is 18.5. The molecule has 1 aromatic carbocycles. The summed E-state index contributed by atoms with van der Waals surface area (Å²) in [4.78, 5) is 23.3. The highest BCUT2D eigenvalue weighted by Gasteiger charge is 2.12. The summed E-state index contributed by atoms with van der Waals surface area (Å²) in [5.41, 5.74) is 3.73. The van der Waals surface area contributed by atoms with Gasteiger partial charge in [-0.15, -0.1) is 0 Å². The molecule has 1 aliphatic rings. The average Bonchev–Trinajstić information content (AvgIpc) is 2.79. The predicted octanol–water partition coefficient (Wildman–Crippen LogP) is 3.63. The van der Waals surface area contributed by atoms with Crippen molar-refractivity contribution in [1.29, 1.82) is 0 Å². The highest BCUT2D eigenvalue weighted by Crippen LogP contribution is 2.23. The van der Waals surface area contributed by atoms with Gasteiger partial charge in [-0.1, -0.05) is 18.2 Å². The predicted molar refractivity (Wildman–Crippen MR) is 115 cm³/mol. The number of nitrogens with one attached hydrogen (secondary N) is 1.